The van der Waals surface area contributed by atoms with Crippen LogP contribution in [0.3, 0.4) is 0 Å². The van der Waals surface area contributed by atoms with E-state index in [2.05, 4.69) is 15.7 Å². The van der Waals surface area contributed by atoms with Crippen LogP contribution in [0.25, 0.3) is 0 Å². The number of imide groups is 1. The van der Waals surface area contributed by atoms with Crippen LogP contribution in [0.4, 0.5) is 11.4 Å². The van der Waals surface area contributed by atoms with Gasteiger partial charge in [-0.1, -0.05) is 22.9 Å². The third kappa shape index (κ3) is 3.52. The molecule has 3 amide bonds. The second kappa shape index (κ2) is 7.51. The Labute approximate surface area is 170 Å². The zero-order valence-electron chi connectivity index (χ0n) is 15.3. The molecule has 2 atom stereocenters. The van der Waals surface area contributed by atoms with Gasteiger partial charge in [0.2, 0.25) is 5.91 Å². The maximum Gasteiger partial charge on any atom is 0.263 e. The van der Waals surface area contributed by atoms with E-state index >= 15 is 0 Å². The second-order valence-electron chi connectivity index (χ2n) is 6.46. The lowest BCUT2D eigenvalue weighted by Crippen LogP contribution is -2.43. The lowest BCUT2D eigenvalue weighted by molar-refractivity contribution is -0.123. The van der Waals surface area contributed by atoms with Crippen molar-refractivity contribution >= 4 is 40.7 Å². The number of carbonyl (C=O) groups is 3. The van der Waals surface area contributed by atoms with Crippen molar-refractivity contribution in [1.82, 2.24) is 5.01 Å². The second-order valence-corrected chi connectivity index (χ2v) is 6.90. The molecular weight excluding hydrogens is 398 g/mol. The van der Waals surface area contributed by atoms with Crippen molar-refractivity contribution in [2.24, 2.45) is 10.3 Å². The SMILES string of the molecule is COc1cccc(NC(=O)CN2N=N[C@@H]3C(=O)N(c4ccc(Cl)cc4)C(=O)[C@H]32)c1. The van der Waals surface area contributed by atoms with Crippen LogP contribution in [0.1, 0.15) is 0 Å². The largest absolute Gasteiger partial charge is 0.497 e. The van der Waals surface area contributed by atoms with E-state index < -0.39 is 29.8 Å². The molecule has 4 rings (SSSR count). The minimum absolute atomic E-state index is 0.227. The van der Waals surface area contributed by atoms with E-state index in [1.165, 1.54) is 12.1 Å². The first kappa shape index (κ1) is 18.9. The quantitative estimate of drug-likeness (QED) is 0.757. The van der Waals surface area contributed by atoms with Gasteiger partial charge >= 0.3 is 0 Å². The maximum absolute atomic E-state index is 12.9. The van der Waals surface area contributed by atoms with Crippen molar-refractivity contribution in [2.45, 2.75) is 12.1 Å². The Morgan fingerprint density at radius 1 is 1.17 bits per heavy atom. The van der Waals surface area contributed by atoms with Crippen LogP contribution < -0.4 is 15.0 Å². The van der Waals surface area contributed by atoms with E-state index in [0.29, 0.717) is 22.1 Å². The van der Waals surface area contributed by atoms with Crippen LogP contribution >= 0.6 is 11.6 Å². The molecule has 2 aliphatic heterocycles. The van der Waals surface area contributed by atoms with Crippen molar-refractivity contribution < 1.29 is 19.1 Å². The molecule has 0 spiro atoms. The highest BCUT2D eigenvalue weighted by molar-refractivity contribution is 6.31. The molecule has 2 aromatic carbocycles. The van der Waals surface area contributed by atoms with Gasteiger partial charge in [-0.2, -0.15) is 5.11 Å². The minimum atomic E-state index is -0.970. The first-order valence-electron chi connectivity index (χ1n) is 8.72. The number of nitrogens with zero attached hydrogens (tertiary/aromatic N) is 4. The monoisotopic (exact) mass is 413 g/mol. The number of rotatable bonds is 5. The molecule has 1 saturated heterocycles. The zero-order chi connectivity index (χ0) is 20.5. The number of fused-ring (bicyclic) bond motifs is 1. The minimum Gasteiger partial charge on any atom is -0.497 e. The van der Waals surface area contributed by atoms with Crippen LogP contribution in [0.15, 0.2) is 58.9 Å². The van der Waals surface area contributed by atoms with Crippen LogP contribution in [0.2, 0.25) is 5.02 Å². The average molecular weight is 414 g/mol. The number of benzene rings is 2. The third-order valence-corrected chi connectivity index (χ3v) is 4.85. The summed E-state index contributed by atoms with van der Waals surface area (Å²) in [5.41, 5.74) is 0.938. The maximum atomic E-state index is 12.9. The summed E-state index contributed by atoms with van der Waals surface area (Å²) in [7, 11) is 1.53. The molecule has 2 aromatic rings. The highest BCUT2D eigenvalue weighted by Gasteiger charge is 2.55. The van der Waals surface area contributed by atoms with Crippen molar-refractivity contribution in [2.75, 3.05) is 23.9 Å². The number of carbonyl (C=O) groups excluding carboxylic acids is 3. The first-order chi connectivity index (χ1) is 14.0. The molecule has 29 heavy (non-hydrogen) atoms. The molecular formula is C19H16ClN5O4. The molecule has 0 aromatic heterocycles. The number of methoxy groups -OCH3 is 1. The Morgan fingerprint density at radius 2 is 1.93 bits per heavy atom. The van der Waals surface area contributed by atoms with Crippen LogP contribution in [-0.2, 0) is 14.4 Å². The van der Waals surface area contributed by atoms with Gasteiger partial charge in [0.15, 0.2) is 12.1 Å². The molecule has 0 radical (unpaired) electrons. The highest BCUT2D eigenvalue weighted by atomic mass is 35.5. The average Bonchev–Trinajstić information content (AvgIpc) is 3.23. The van der Waals surface area contributed by atoms with E-state index in [9.17, 15) is 14.4 Å². The number of anilines is 2. The molecule has 148 valence electrons. The van der Waals surface area contributed by atoms with Crippen molar-refractivity contribution in [3.63, 3.8) is 0 Å². The number of hydrogen-bond acceptors (Lipinski definition) is 7. The third-order valence-electron chi connectivity index (χ3n) is 4.60. The molecule has 0 saturated carbocycles. The van der Waals surface area contributed by atoms with Gasteiger partial charge in [0.1, 0.15) is 12.3 Å². The fraction of sp³-hybridized carbons (Fsp3) is 0.211. The van der Waals surface area contributed by atoms with Crippen molar-refractivity contribution in [3.05, 3.63) is 53.6 Å². The summed E-state index contributed by atoms with van der Waals surface area (Å²) < 4.78 is 5.12. The van der Waals surface area contributed by atoms with Crippen LogP contribution in [0.5, 0.6) is 5.75 Å². The molecule has 10 heteroatoms. The molecule has 1 N–H and O–H groups in total. The first-order valence-corrected chi connectivity index (χ1v) is 9.10. The molecule has 9 nitrogen and oxygen atoms in total. The van der Waals surface area contributed by atoms with Gasteiger partial charge in [-0.25, -0.2) is 4.90 Å². The summed E-state index contributed by atoms with van der Waals surface area (Å²) in [4.78, 5) is 39.0. The fourth-order valence-electron chi connectivity index (χ4n) is 3.25. The van der Waals surface area contributed by atoms with E-state index in [-0.39, 0.29) is 6.54 Å². The summed E-state index contributed by atoms with van der Waals surface area (Å²) >= 11 is 5.87. The lowest BCUT2D eigenvalue weighted by atomic mass is 10.1. The van der Waals surface area contributed by atoms with Gasteiger partial charge < -0.3 is 10.1 Å². The summed E-state index contributed by atoms with van der Waals surface area (Å²) in [5.74, 6) is -0.773. The Kier molecular flexibility index (Phi) is 4.89. The molecule has 0 unspecified atom stereocenters. The number of amides is 3. The molecule has 2 heterocycles. The van der Waals surface area contributed by atoms with Gasteiger partial charge in [-0.05, 0) is 36.4 Å². The van der Waals surface area contributed by atoms with E-state index in [1.54, 1.807) is 48.5 Å². The van der Waals surface area contributed by atoms with Gasteiger partial charge in [-0.15, -0.1) is 0 Å². The van der Waals surface area contributed by atoms with Crippen molar-refractivity contribution in [1.29, 1.82) is 0 Å². The summed E-state index contributed by atoms with van der Waals surface area (Å²) in [6.45, 7) is -0.227. The Morgan fingerprint density at radius 3 is 2.66 bits per heavy atom. The standard InChI is InChI=1S/C19H16ClN5O4/c1-29-14-4-2-3-12(9-14)21-15(26)10-24-17-16(22-23-24)18(27)25(19(17)28)13-7-5-11(20)6-8-13/h2-9,16-17H,10H2,1H3,(H,21,26)/t16-,17-/m0/s1. The Balaban J connectivity index is 1.47. The van der Waals surface area contributed by atoms with Gasteiger partial charge in [0, 0.05) is 16.8 Å². The van der Waals surface area contributed by atoms with E-state index in [4.69, 9.17) is 16.3 Å². The smallest absolute Gasteiger partial charge is 0.263 e. The number of ether oxygens (including phenoxy) is 1. The van der Waals surface area contributed by atoms with Gasteiger partial charge in [0.25, 0.3) is 11.8 Å². The number of nitrogens with one attached hydrogen (secondary N) is 1. The highest BCUT2D eigenvalue weighted by Crippen LogP contribution is 2.32. The fourth-order valence-corrected chi connectivity index (χ4v) is 3.37. The summed E-state index contributed by atoms with van der Waals surface area (Å²) in [6, 6.07) is 11.3. The zero-order valence-corrected chi connectivity index (χ0v) is 16.0. The predicted octanol–water partition coefficient (Wildman–Crippen LogP) is 2.28. The summed E-state index contributed by atoms with van der Waals surface area (Å²) in [6.07, 6.45) is 0. The van der Waals surface area contributed by atoms with Crippen molar-refractivity contribution in [3.8, 4) is 5.75 Å². The summed E-state index contributed by atoms with van der Waals surface area (Å²) in [5, 5.41) is 12.2. The molecule has 1 fully saturated rings. The number of hydrogen-bond donors (Lipinski definition) is 1. The molecule has 0 bridgehead atoms. The normalized spacial score (nSPS) is 20.2. The topological polar surface area (TPSA) is 104 Å². The lowest BCUT2D eigenvalue weighted by Gasteiger charge is -2.20. The van der Waals surface area contributed by atoms with Gasteiger partial charge in [-0.3, -0.25) is 19.4 Å². The van der Waals surface area contributed by atoms with E-state index in [1.807, 2.05) is 0 Å². The van der Waals surface area contributed by atoms with E-state index in [0.717, 1.165) is 4.90 Å². The predicted molar refractivity (Wildman–Crippen MR) is 105 cm³/mol. The Hall–Kier alpha value is -3.46. The number of halogens is 1. The van der Waals surface area contributed by atoms with Gasteiger partial charge in [0.05, 0.1) is 12.8 Å². The van der Waals surface area contributed by atoms with Crippen LogP contribution in [0, 0.1) is 0 Å². The molecule has 0 aliphatic carbocycles. The Bertz CT molecular complexity index is 1010. The van der Waals surface area contributed by atoms with Crippen LogP contribution in [-0.4, -0.2) is 48.5 Å². The molecule has 2 aliphatic rings.